The highest BCUT2D eigenvalue weighted by Crippen LogP contribution is 2.15. The van der Waals surface area contributed by atoms with Gasteiger partial charge in [0.2, 0.25) is 0 Å². The van der Waals surface area contributed by atoms with Gasteiger partial charge < -0.3 is 0 Å². The maximum Gasteiger partial charge on any atom is 0.144 e. The van der Waals surface area contributed by atoms with Crippen molar-refractivity contribution in [3.63, 3.8) is 0 Å². The summed E-state index contributed by atoms with van der Waals surface area (Å²) < 4.78 is 15.3. The molecule has 0 aliphatic heterocycles. The van der Waals surface area contributed by atoms with E-state index in [9.17, 15) is 4.21 Å². The standard InChI is InChI=1S/C11H14ClNOS/c1-11(2,3)15(14)13-8-9-6-4-5-7-10(9)12/h4-8H,1-3H3/t15-/m0/s1. The molecule has 1 aromatic rings. The highest BCUT2D eigenvalue weighted by Gasteiger charge is 2.18. The van der Waals surface area contributed by atoms with E-state index < -0.39 is 11.0 Å². The molecule has 15 heavy (non-hydrogen) atoms. The van der Waals surface area contributed by atoms with Crippen molar-refractivity contribution < 1.29 is 4.21 Å². The summed E-state index contributed by atoms with van der Waals surface area (Å²) in [6.45, 7) is 5.65. The van der Waals surface area contributed by atoms with Crippen molar-refractivity contribution in [1.29, 1.82) is 0 Å². The molecule has 0 saturated heterocycles. The zero-order chi connectivity index (χ0) is 11.5. The summed E-state index contributed by atoms with van der Waals surface area (Å²) in [5, 5.41) is 0.618. The lowest BCUT2D eigenvalue weighted by molar-refractivity contribution is 0.651. The van der Waals surface area contributed by atoms with Crippen molar-refractivity contribution in [3.8, 4) is 0 Å². The topological polar surface area (TPSA) is 29.4 Å². The van der Waals surface area contributed by atoms with Gasteiger partial charge in [0.1, 0.15) is 11.0 Å². The van der Waals surface area contributed by atoms with E-state index in [4.69, 9.17) is 11.6 Å². The minimum atomic E-state index is -1.24. The number of nitrogens with zero attached hydrogens (tertiary/aromatic N) is 1. The molecule has 0 spiro atoms. The quantitative estimate of drug-likeness (QED) is 0.734. The first-order chi connectivity index (χ1) is 6.91. The van der Waals surface area contributed by atoms with Crippen molar-refractivity contribution >= 4 is 28.8 Å². The highest BCUT2D eigenvalue weighted by atomic mass is 35.5. The third kappa shape index (κ3) is 3.76. The first kappa shape index (κ1) is 12.4. The van der Waals surface area contributed by atoms with Crippen LogP contribution in [0.5, 0.6) is 0 Å². The number of hydrogen-bond donors (Lipinski definition) is 0. The maximum absolute atomic E-state index is 11.6. The van der Waals surface area contributed by atoms with Crippen LogP contribution in [0.25, 0.3) is 0 Å². The zero-order valence-corrected chi connectivity index (χ0v) is 10.6. The normalized spacial score (nSPS) is 14.4. The van der Waals surface area contributed by atoms with Crippen LogP contribution in [-0.4, -0.2) is 15.2 Å². The summed E-state index contributed by atoms with van der Waals surface area (Å²) in [5.41, 5.74) is 0.789. The highest BCUT2D eigenvalue weighted by molar-refractivity contribution is 7.85. The minimum absolute atomic E-state index is 0.336. The second-order valence-corrected chi connectivity index (χ2v) is 6.46. The van der Waals surface area contributed by atoms with Crippen molar-refractivity contribution in [2.24, 2.45) is 4.40 Å². The van der Waals surface area contributed by atoms with Gasteiger partial charge in [-0.05, 0) is 26.8 Å². The molecule has 0 aliphatic rings. The fourth-order valence-electron chi connectivity index (χ4n) is 0.843. The Kier molecular flexibility index (Phi) is 4.05. The van der Waals surface area contributed by atoms with Crippen molar-refractivity contribution in [2.75, 3.05) is 0 Å². The molecule has 82 valence electrons. The lowest BCUT2D eigenvalue weighted by Crippen LogP contribution is -2.19. The van der Waals surface area contributed by atoms with Gasteiger partial charge in [-0.1, -0.05) is 29.8 Å². The summed E-state index contributed by atoms with van der Waals surface area (Å²) in [6.07, 6.45) is 1.56. The Morgan fingerprint density at radius 1 is 1.33 bits per heavy atom. The third-order valence-electron chi connectivity index (χ3n) is 1.72. The molecular weight excluding hydrogens is 230 g/mol. The largest absolute Gasteiger partial charge is 0.234 e. The second kappa shape index (κ2) is 4.90. The molecule has 0 bridgehead atoms. The molecular formula is C11H14ClNOS. The summed E-state index contributed by atoms with van der Waals surface area (Å²) in [6, 6.07) is 7.34. The van der Waals surface area contributed by atoms with Crippen LogP contribution in [0.1, 0.15) is 26.3 Å². The van der Waals surface area contributed by atoms with Gasteiger partial charge >= 0.3 is 0 Å². The van der Waals surface area contributed by atoms with Crippen LogP contribution in [0.15, 0.2) is 28.7 Å². The molecule has 0 fully saturated rings. The molecule has 0 N–H and O–H groups in total. The second-order valence-electron chi connectivity index (χ2n) is 4.12. The minimum Gasteiger partial charge on any atom is -0.234 e. The van der Waals surface area contributed by atoms with Crippen LogP contribution >= 0.6 is 11.6 Å². The molecule has 0 heterocycles. The van der Waals surface area contributed by atoms with Gasteiger partial charge in [-0.3, -0.25) is 0 Å². The molecule has 2 nitrogen and oxygen atoms in total. The first-order valence-corrected chi connectivity index (χ1v) is 6.10. The average Bonchev–Trinajstić information content (AvgIpc) is 2.14. The number of benzene rings is 1. The zero-order valence-electron chi connectivity index (χ0n) is 9.03. The summed E-state index contributed by atoms with van der Waals surface area (Å²) in [7, 11) is -1.24. The molecule has 0 unspecified atom stereocenters. The van der Waals surface area contributed by atoms with E-state index in [1.165, 1.54) is 0 Å². The molecule has 0 aliphatic carbocycles. The van der Waals surface area contributed by atoms with E-state index >= 15 is 0 Å². The van der Waals surface area contributed by atoms with Crippen LogP contribution in [0, 0.1) is 0 Å². The number of rotatable bonds is 2. The van der Waals surface area contributed by atoms with Crippen molar-refractivity contribution in [3.05, 3.63) is 34.9 Å². The average molecular weight is 244 g/mol. The Balaban J connectivity index is 2.84. The van der Waals surface area contributed by atoms with Gasteiger partial charge in [-0.15, -0.1) is 0 Å². The van der Waals surface area contributed by atoms with Gasteiger partial charge in [-0.25, -0.2) is 4.21 Å². The predicted octanol–water partition coefficient (Wildman–Crippen LogP) is 3.22. The van der Waals surface area contributed by atoms with Gasteiger partial charge in [0.25, 0.3) is 0 Å². The van der Waals surface area contributed by atoms with Crippen LogP contribution in [0.4, 0.5) is 0 Å². The fourth-order valence-corrected chi connectivity index (χ4v) is 1.55. The smallest absolute Gasteiger partial charge is 0.144 e. The Morgan fingerprint density at radius 2 is 1.93 bits per heavy atom. The van der Waals surface area contributed by atoms with Gasteiger partial charge in [0.05, 0.1) is 4.75 Å². The molecule has 0 saturated carbocycles. The molecule has 1 atom stereocenters. The lowest BCUT2D eigenvalue weighted by Gasteiger charge is -2.12. The van der Waals surface area contributed by atoms with Crippen LogP contribution in [0.2, 0.25) is 5.02 Å². The molecule has 4 heteroatoms. The van der Waals surface area contributed by atoms with E-state index in [0.29, 0.717) is 5.02 Å². The molecule has 0 amide bonds. The maximum atomic E-state index is 11.6. The van der Waals surface area contributed by atoms with E-state index in [2.05, 4.69) is 4.40 Å². The Morgan fingerprint density at radius 3 is 2.47 bits per heavy atom. The van der Waals surface area contributed by atoms with Crippen molar-refractivity contribution in [1.82, 2.24) is 0 Å². The Hall–Kier alpha value is -0.670. The molecule has 1 aromatic carbocycles. The van der Waals surface area contributed by atoms with Gasteiger partial charge in [-0.2, -0.15) is 4.40 Å². The van der Waals surface area contributed by atoms with Gasteiger partial charge in [0.15, 0.2) is 0 Å². The summed E-state index contributed by atoms with van der Waals surface area (Å²) in [4.78, 5) is 0. The molecule has 0 aromatic heterocycles. The van der Waals surface area contributed by atoms with Gasteiger partial charge in [0, 0.05) is 16.8 Å². The fraction of sp³-hybridized carbons (Fsp3) is 0.364. The summed E-state index contributed by atoms with van der Waals surface area (Å²) >= 11 is 5.93. The van der Waals surface area contributed by atoms with Crippen molar-refractivity contribution in [2.45, 2.75) is 25.5 Å². The SMILES string of the molecule is CC(C)(C)[S@](=O)N=Cc1ccccc1Cl. The molecule has 0 radical (unpaired) electrons. The first-order valence-electron chi connectivity index (χ1n) is 4.62. The Labute approximate surface area is 98.0 Å². The van der Waals surface area contributed by atoms with E-state index in [1.54, 1.807) is 12.3 Å². The third-order valence-corrected chi connectivity index (χ3v) is 3.41. The molecule has 1 rings (SSSR count). The predicted molar refractivity (Wildman–Crippen MR) is 66.9 cm³/mol. The number of hydrogen-bond acceptors (Lipinski definition) is 1. The lowest BCUT2D eigenvalue weighted by atomic mass is 10.2. The number of halogens is 1. The van der Waals surface area contributed by atoms with Crippen LogP contribution < -0.4 is 0 Å². The summed E-state index contributed by atoms with van der Waals surface area (Å²) in [5.74, 6) is 0. The van der Waals surface area contributed by atoms with E-state index in [0.717, 1.165) is 5.56 Å². The van der Waals surface area contributed by atoms with Crippen LogP contribution in [0.3, 0.4) is 0 Å². The Bertz CT molecular complexity index is 396. The van der Waals surface area contributed by atoms with E-state index in [-0.39, 0.29) is 4.75 Å². The van der Waals surface area contributed by atoms with E-state index in [1.807, 2.05) is 39.0 Å². The van der Waals surface area contributed by atoms with Crippen LogP contribution in [-0.2, 0) is 11.0 Å². The monoisotopic (exact) mass is 243 g/mol.